The molecule has 0 radical (unpaired) electrons. The Balaban J connectivity index is 1.42. The second-order valence-electron chi connectivity index (χ2n) is 8.09. The van der Waals surface area contributed by atoms with E-state index in [0.29, 0.717) is 12.3 Å². The first-order valence-electron chi connectivity index (χ1n) is 11.5. The molecule has 1 N–H and O–H groups in total. The Morgan fingerprint density at radius 1 is 0.794 bits per heavy atom. The topological polar surface area (TPSA) is 54.5 Å². The number of carbonyl (C=O) groups excluding carboxylic acids is 1. The average Bonchev–Trinajstić information content (AvgIpc) is 2.87. The highest BCUT2D eigenvalue weighted by Crippen LogP contribution is 2.23. The van der Waals surface area contributed by atoms with Gasteiger partial charge in [-0.05, 0) is 42.3 Å². The third-order valence-electron chi connectivity index (χ3n) is 5.44. The van der Waals surface area contributed by atoms with Crippen molar-refractivity contribution in [2.24, 2.45) is 0 Å². The van der Waals surface area contributed by atoms with Gasteiger partial charge in [-0.2, -0.15) is 0 Å². The Kier molecular flexibility index (Phi) is 7.90. The number of amides is 1. The molecular formula is C29H29N3O2. The minimum atomic E-state index is -0.0981. The van der Waals surface area contributed by atoms with Gasteiger partial charge in [0.25, 0.3) is 0 Å². The molecule has 0 aliphatic rings. The van der Waals surface area contributed by atoms with Gasteiger partial charge in [-0.1, -0.05) is 78.9 Å². The van der Waals surface area contributed by atoms with Crippen molar-refractivity contribution < 1.29 is 9.53 Å². The Morgan fingerprint density at radius 3 is 1.91 bits per heavy atom. The molecular weight excluding hydrogens is 422 g/mol. The number of aryl methyl sites for hydroxylation is 1. The number of carbonyl (C=O) groups is 1. The maximum absolute atomic E-state index is 12.4. The van der Waals surface area contributed by atoms with Crippen LogP contribution in [-0.4, -0.2) is 17.5 Å². The Morgan fingerprint density at radius 2 is 1.35 bits per heavy atom. The van der Waals surface area contributed by atoms with E-state index in [1.54, 1.807) is 0 Å². The lowest BCUT2D eigenvalue weighted by molar-refractivity contribution is -0.116. The summed E-state index contributed by atoms with van der Waals surface area (Å²) >= 11 is 0. The highest BCUT2D eigenvalue weighted by molar-refractivity contribution is 5.91. The normalized spacial score (nSPS) is 10.5. The molecule has 172 valence electrons. The maximum atomic E-state index is 12.4. The molecule has 0 saturated carbocycles. The molecule has 3 aromatic carbocycles. The molecule has 5 heteroatoms. The fourth-order valence-corrected chi connectivity index (χ4v) is 3.67. The van der Waals surface area contributed by atoms with Crippen LogP contribution in [0.15, 0.2) is 103 Å². The summed E-state index contributed by atoms with van der Waals surface area (Å²) < 4.78 is 5.63. The summed E-state index contributed by atoms with van der Waals surface area (Å²) in [7, 11) is 0. The van der Waals surface area contributed by atoms with Crippen LogP contribution in [-0.2, 0) is 17.9 Å². The predicted octanol–water partition coefficient (Wildman–Crippen LogP) is 6.00. The van der Waals surface area contributed by atoms with Crippen molar-refractivity contribution in [1.29, 1.82) is 0 Å². The van der Waals surface area contributed by atoms with Crippen molar-refractivity contribution in [2.75, 3.05) is 16.8 Å². The SMILES string of the molecule is Cc1nc(N(Cc2ccccc2)Cc2ccccc2)ccc1NC(=O)CCOc1ccccc1. The fourth-order valence-electron chi connectivity index (χ4n) is 3.67. The first kappa shape index (κ1) is 23.1. The summed E-state index contributed by atoms with van der Waals surface area (Å²) in [5, 5.41) is 2.96. The summed E-state index contributed by atoms with van der Waals surface area (Å²) in [5.74, 6) is 1.53. The van der Waals surface area contributed by atoms with Crippen LogP contribution in [0.25, 0.3) is 0 Å². The molecule has 4 aromatic rings. The van der Waals surface area contributed by atoms with Crippen molar-refractivity contribution in [2.45, 2.75) is 26.4 Å². The van der Waals surface area contributed by atoms with Crippen molar-refractivity contribution in [3.63, 3.8) is 0 Å². The largest absolute Gasteiger partial charge is 0.493 e. The van der Waals surface area contributed by atoms with Crippen molar-refractivity contribution in [3.8, 4) is 5.75 Å². The number of anilines is 2. The highest BCUT2D eigenvalue weighted by Gasteiger charge is 2.13. The smallest absolute Gasteiger partial charge is 0.227 e. The van der Waals surface area contributed by atoms with Crippen LogP contribution in [0.1, 0.15) is 23.2 Å². The standard InChI is InChI=1S/C29H29N3O2/c1-23-27(31-29(33)19-20-34-26-15-9-4-10-16-26)17-18-28(30-23)32(21-24-11-5-2-6-12-24)22-25-13-7-3-8-14-25/h2-18H,19-22H2,1H3,(H,31,33). The van der Waals surface area contributed by atoms with Crippen LogP contribution in [0.4, 0.5) is 11.5 Å². The minimum Gasteiger partial charge on any atom is -0.493 e. The Hall–Kier alpha value is -4.12. The molecule has 0 atom stereocenters. The number of rotatable bonds is 10. The molecule has 0 bridgehead atoms. The number of aromatic nitrogens is 1. The van der Waals surface area contributed by atoms with E-state index in [0.717, 1.165) is 30.4 Å². The molecule has 34 heavy (non-hydrogen) atoms. The third kappa shape index (κ3) is 6.69. The van der Waals surface area contributed by atoms with Gasteiger partial charge in [-0.25, -0.2) is 4.98 Å². The van der Waals surface area contributed by atoms with Crippen LogP contribution in [0.2, 0.25) is 0 Å². The summed E-state index contributed by atoms with van der Waals surface area (Å²) in [5.41, 5.74) is 3.93. The molecule has 0 fully saturated rings. The molecule has 1 aromatic heterocycles. The van der Waals surface area contributed by atoms with E-state index < -0.39 is 0 Å². The lowest BCUT2D eigenvalue weighted by Gasteiger charge is -2.25. The number of pyridine rings is 1. The van der Waals surface area contributed by atoms with Gasteiger partial charge in [0.2, 0.25) is 5.91 Å². The lowest BCUT2D eigenvalue weighted by Crippen LogP contribution is -2.24. The predicted molar refractivity (Wildman–Crippen MR) is 137 cm³/mol. The van der Waals surface area contributed by atoms with Gasteiger partial charge in [0.15, 0.2) is 0 Å². The van der Waals surface area contributed by atoms with E-state index in [2.05, 4.69) is 58.7 Å². The lowest BCUT2D eigenvalue weighted by atomic mass is 10.1. The quantitative estimate of drug-likeness (QED) is 0.321. The molecule has 1 amide bonds. The number of hydrogen-bond acceptors (Lipinski definition) is 4. The molecule has 1 heterocycles. The summed E-state index contributed by atoms with van der Waals surface area (Å²) in [4.78, 5) is 19.5. The van der Waals surface area contributed by atoms with Gasteiger partial charge in [0, 0.05) is 13.1 Å². The third-order valence-corrected chi connectivity index (χ3v) is 5.44. The molecule has 0 spiro atoms. The van der Waals surface area contributed by atoms with E-state index in [1.807, 2.05) is 61.5 Å². The highest BCUT2D eigenvalue weighted by atomic mass is 16.5. The van der Waals surface area contributed by atoms with Gasteiger partial charge >= 0.3 is 0 Å². The zero-order valence-corrected chi connectivity index (χ0v) is 19.4. The van der Waals surface area contributed by atoms with Crippen LogP contribution >= 0.6 is 0 Å². The van der Waals surface area contributed by atoms with Gasteiger partial charge in [-0.3, -0.25) is 4.79 Å². The number of hydrogen-bond donors (Lipinski definition) is 1. The summed E-state index contributed by atoms with van der Waals surface area (Å²) in [6, 6.07) is 34.1. The van der Waals surface area contributed by atoms with E-state index in [-0.39, 0.29) is 12.3 Å². The molecule has 4 rings (SSSR count). The molecule has 5 nitrogen and oxygen atoms in total. The fraction of sp³-hybridized carbons (Fsp3) is 0.172. The molecule has 0 unspecified atom stereocenters. The van der Waals surface area contributed by atoms with E-state index >= 15 is 0 Å². The summed E-state index contributed by atoms with van der Waals surface area (Å²) in [6.45, 7) is 3.72. The van der Waals surface area contributed by atoms with Crippen LogP contribution in [0.3, 0.4) is 0 Å². The Labute approximate surface area is 201 Å². The second-order valence-corrected chi connectivity index (χ2v) is 8.09. The van der Waals surface area contributed by atoms with Crippen molar-refractivity contribution in [1.82, 2.24) is 4.98 Å². The van der Waals surface area contributed by atoms with E-state index in [9.17, 15) is 4.79 Å². The number of nitrogens with zero attached hydrogens (tertiary/aromatic N) is 2. The van der Waals surface area contributed by atoms with Crippen LogP contribution < -0.4 is 15.0 Å². The number of para-hydroxylation sites is 1. The van der Waals surface area contributed by atoms with Gasteiger partial charge in [-0.15, -0.1) is 0 Å². The second kappa shape index (κ2) is 11.7. The first-order chi connectivity index (χ1) is 16.7. The monoisotopic (exact) mass is 451 g/mol. The molecule has 0 saturated heterocycles. The van der Waals surface area contributed by atoms with E-state index in [4.69, 9.17) is 9.72 Å². The average molecular weight is 452 g/mol. The van der Waals surface area contributed by atoms with Gasteiger partial charge in [0.05, 0.1) is 24.4 Å². The Bertz CT molecular complexity index is 1140. The number of benzene rings is 3. The van der Waals surface area contributed by atoms with Crippen LogP contribution in [0.5, 0.6) is 5.75 Å². The minimum absolute atomic E-state index is 0.0981. The van der Waals surface area contributed by atoms with Gasteiger partial charge < -0.3 is 15.0 Å². The molecule has 0 aliphatic heterocycles. The van der Waals surface area contributed by atoms with Crippen molar-refractivity contribution in [3.05, 3.63) is 120 Å². The zero-order chi connectivity index (χ0) is 23.6. The van der Waals surface area contributed by atoms with Crippen molar-refractivity contribution >= 4 is 17.4 Å². The molecule has 0 aliphatic carbocycles. The number of ether oxygens (including phenoxy) is 1. The number of nitrogens with one attached hydrogen (secondary N) is 1. The van der Waals surface area contributed by atoms with Crippen LogP contribution in [0, 0.1) is 6.92 Å². The van der Waals surface area contributed by atoms with E-state index in [1.165, 1.54) is 11.1 Å². The summed E-state index contributed by atoms with van der Waals surface area (Å²) in [6.07, 6.45) is 0.268. The zero-order valence-electron chi connectivity index (χ0n) is 19.4. The maximum Gasteiger partial charge on any atom is 0.227 e. The van der Waals surface area contributed by atoms with Gasteiger partial charge in [0.1, 0.15) is 11.6 Å². The first-order valence-corrected chi connectivity index (χ1v) is 11.5.